The molecule has 1 aliphatic heterocycles. The van der Waals surface area contributed by atoms with Crippen molar-refractivity contribution in [3.05, 3.63) is 24.9 Å². The lowest BCUT2D eigenvalue weighted by atomic mass is 9.88. The van der Waals surface area contributed by atoms with Crippen molar-refractivity contribution in [2.45, 2.75) is 20.4 Å². The molecule has 0 spiro atoms. The molecule has 0 bridgehead atoms. The Morgan fingerprint density at radius 2 is 2.30 bits per heavy atom. The van der Waals surface area contributed by atoms with Gasteiger partial charge in [-0.25, -0.2) is 9.97 Å². The summed E-state index contributed by atoms with van der Waals surface area (Å²) in [6.07, 6.45) is 7.28. The van der Waals surface area contributed by atoms with Crippen molar-refractivity contribution in [3.63, 3.8) is 0 Å². The van der Waals surface area contributed by atoms with Gasteiger partial charge in [-0.1, -0.05) is 6.92 Å². The summed E-state index contributed by atoms with van der Waals surface area (Å²) in [5.74, 6) is 0.102. The van der Waals surface area contributed by atoms with Crippen LogP contribution in [0, 0.1) is 5.41 Å². The van der Waals surface area contributed by atoms with Gasteiger partial charge in [0, 0.05) is 31.3 Å². The summed E-state index contributed by atoms with van der Waals surface area (Å²) in [6, 6.07) is 0. The van der Waals surface area contributed by atoms with Gasteiger partial charge < -0.3 is 19.4 Å². The lowest BCUT2D eigenvalue weighted by molar-refractivity contribution is -0.134. The average molecular weight is 278 g/mol. The number of aliphatic carboxylic acids is 1. The number of nitrogens with zero attached hydrogens (tertiary/aromatic N) is 3. The summed E-state index contributed by atoms with van der Waals surface area (Å²) in [5, 5.41) is 7.42. The SMILES string of the molecule is CC(=O)O.CC1(Cn2ccnc2-c2cnc[nH]2)COC1. The first-order valence-electron chi connectivity index (χ1n) is 6.27. The van der Waals surface area contributed by atoms with E-state index in [4.69, 9.17) is 14.6 Å². The molecule has 1 fully saturated rings. The fraction of sp³-hybridized carbons (Fsp3) is 0.462. The van der Waals surface area contributed by atoms with Crippen LogP contribution in [0.4, 0.5) is 0 Å². The number of carbonyl (C=O) groups is 1. The van der Waals surface area contributed by atoms with Crippen LogP contribution in [0.5, 0.6) is 0 Å². The molecule has 0 saturated carbocycles. The van der Waals surface area contributed by atoms with Crippen LogP contribution in [0.2, 0.25) is 0 Å². The van der Waals surface area contributed by atoms with Gasteiger partial charge in [0.2, 0.25) is 0 Å². The quantitative estimate of drug-likeness (QED) is 0.885. The highest BCUT2D eigenvalue weighted by Crippen LogP contribution is 2.30. The lowest BCUT2D eigenvalue weighted by Gasteiger charge is -2.38. The van der Waals surface area contributed by atoms with E-state index in [1.807, 2.05) is 12.4 Å². The zero-order chi connectivity index (χ0) is 14.6. The van der Waals surface area contributed by atoms with Crippen molar-refractivity contribution in [1.29, 1.82) is 0 Å². The van der Waals surface area contributed by atoms with Gasteiger partial charge in [0.25, 0.3) is 5.97 Å². The summed E-state index contributed by atoms with van der Waals surface area (Å²) < 4.78 is 7.41. The summed E-state index contributed by atoms with van der Waals surface area (Å²) in [4.78, 5) is 20.4. The molecule has 0 amide bonds. The molecule has 20 heavy (non-hydrogen) atoms. The van der Waals surface area contributed by atoms with Crippen molar-refractivity contribution in [1.82, 2.24) is 19.5 Å². The maximum Gasteiger partial charge on any atom is 0.300 e. The number of H-pyrrole nitrogens is 1. The van der Waals surface area contributed by atoms with E-state index in [2.05, 4.69) is 26.4 Å². The third kappa shape index (κ3) is 3.45. The summed E-state index contributed by atoms with van der Waals surface area (Å²) in [5.41, 5.74) is 1.20. The van der Waals surface area contributed by atoms with Crippen LogP contribution in [0.15, 0.2) is 24.9 Å². The van der Waals surface area contributed by atoms with Gasteiger partial charge in [0.05, 0.1) is 25.7 Å². The Morgan fingerprint density at radius 1 is 1.60 bits per heavy atom. The first-order valence-corrected chi connectivity index (χ1v) is 6.27. The fourth-order valence-corrected chi connectivity index (χ4v) is 2.01. The Balaban J connectivity index is 0.000000328. The number of nitrogens with one attached hydrogen (secondary N) is 1. The molecular weight excluding hydrogens is 260 g/mol. The van der Waals surface area contributed by atoms with E-state index in [1.54, 1.807) is 12.5 Å². The van der Waals surface area contributed by atoms with Crippen LogP contribution < -0.4 is 0 Å². The third-order valence-corrected chi connectivity index (χ3v) is 2.91. The van der Waals surface area contributed by atoms with Gasteiger partial charge in [-0.05, 0) is 0 Å². The van der Waals surface area contributed by atoms with E-state index in [-0.39, 0.29) is 5.41 Å². The zero-order valence-corrected chi connectivity index (χ0v) is 11.5. The van der Waals surface area contributed by atoms with Crippen LogP contribution in [-0.4, -0.2) is 43.8 Å². The van der Waals surface area contributed by atoms with E-state index >= 15 is 0 Å². The summed E-state index contributed by atoms with van der Waals surface area (Å²) in [6.45, 7) is 5.90. The number of aromatic nitrogens is 4. The number of hydrogen-bond acceptors (Lipinski definition) is 4. The molecule has 2 aromatic heterocycles. The Labute approximate surface area is 116 Å². The van der Waals surface area contributed by atoms with Crippen molar-refractivity contribution in [3.8, 4) is 11.5 Å². The molecule has 108 valence electrons. The normalized spacial score (nSPS) is 15.9. The van der Waals surface area contributed by atoms with E-state index in [1.165, 1.54) is 0 Å². The standard InChI is InChI=1S/C11H14N4O.C2H4O2/c1-11(6-16-7-11)5-15-3-2-13-10(15)9-4-12-8-14-9;1-2(3)4/h2-4,8H,5-7H2,1H3,(H,12,14);1H3,(H,3,4). The van der Waals surface area contributed by atoms with Crippen LogP contribution in [-0.2, 0) is 16.1 Å². The number of hydrogen-bond donors (Lipinski definition) is 2. The van der Waals surface area contributed by atoms with Gasteiger partial charge in [0.15, 0.2) is 5.82 Å². The number of imidazole rings is 2. The number of aromatic amines is 1. The minimum absolute atomic E-state index is 0.246. The first kappa shape index (κ1) is 14.3. The Morgan fingerprint density at radius 3 is 2.80 bits per heavy atom. The first-order chi connectivity index (χ1) is 9.50. The van der Waals surface area contributed by atoms with Crippen molar-refractivity contribution >= 4 is 5.97 Å². The zero-order valence-electron chi connectivity index (χ0n) is 11.5. The van der Waals surface area contributed by atoms with Gasteiger partial charge >= 0.3 is 0 Å². The molecule has 0 radical (unpaired) electrons. The molecule has 0 atom stereocenters. The minimum atomic E-state index is -0.833. The monoisotopic (exact) mass is 278 g/mol. The van der Waals surface area contributed by atoms with Gasteiger partial charge in [-0.15, -0.1) is 0 Å². The third-order valence-electron chi connectivity index (χ3n) is 2.91. The predicted octanol–water partition coefficient (Wildman–Crippen LogP) is 1.40. The molecule has 1 saturated heterocycles. The molecule has 3 heterocycles. The van der Waals surface area contributed by atoms with E-state index in [9.17, 15) is 0 Å². The van der Waals surface area contributed by atoms with Gasteiger partial charge in [-0.2, -0.15) is 0 Å². The number of ether oxygens (including phenoxy) is 1. The second-order valence-electron chi connectivity index (χ2n) is 5.17. The van der Waals surface area contributed by atoms with E-state index in [0.29, 0.717) is 0 Å². The van der Waals surface area contributed by atoms with Crippen molar-refractivity contribution in [2.24, 2.45) is 5.41 Å². The second kappa shape index (κ2) is 5.87. The highest BCUT2D eigenvalue weighted by molar-refractivity contribution is 5.62. The van der Waals surface area contributed by atoms with Gasteiger partial charge in [0.1, 0.15) is 5.69 Å². The maximum atomic E-state index is 9.00. The maximum absolute atomic E-state index is 9.00. The molecule has 2 aromatic rings. The Hall–Kier alpha value is -2.15. The average Bonchev–Trinajstić information content (AvgIpc) is 2.95. The van der Waals surface area contributed by atoms with E-state index < -0.39 is 5.97 Å². The molecular formula is C13H18N4O3. The minimum Gasteiger partial charge on any atom is -0.481 e. The summed E-state index contributed by atoms with van der Waals surface area (Å²) >= 11 is 0. The smallest absolute Gasteiger partial charge is 0.300 e. The van der Waals surface area contributed by atoms with Crippen LogP contribution >= 0.6 is 0 Å². The molecule has 7 heteroatoms. The highest BCUT2D eigenvalue weighted by atomic mass is 16.5. The molecule has 3 rings (SSSR count). The highest BCUT2D eigenvalue weighted by Gasteiger charge is 2.34. The lowest BCUT2D eigenvalue weighted by Crippen LogP contribution is -2.43. The molecule has 0 aromatic carbocycles. The van der Waals surface area contributed by atoms with Crippen LogP contribution in [0.3, 0.4) is 0 Å². The van der Waals surface area contributed by atoms with Crippen LogP contribution in [0.1, 0.15) is 13.8 Å². The van der Waals surface area contributed by atoms with Crippen molar-refractivity contribution < 1.29 is 14.6 Å². The Bertz CT molecular complexity index is 554. The summed E-state index contributed by atoms with van der Waals surface area (Å²) in [7, 11) is 0. The van der Waals surface area contributed by atoms with Crippen molar-refractivity contribution in [2.75, 3.05) is 13.2 Å². The predicted molar refractivity (Wildman–Crippen MR) is 72.0 cm³/mol. The van der Waals surface area contributed by atoms with Crippen LogP contribution in [0.25, 0.3) is 11.5 Å². The van der Waals surface area contributed by atoms with Gasteiger partial charge in [-0.3, -0.25) is 4.79 Å². The Kier molecular flexibility index (Phi) is 4.19. The molecule has 1 aliphatic rings. The topological polar surface area (TPSA) is 93.0 Å². The molecule has 0 aliphatic carbocycles. The molecule has 0 unspecified atom stereocenters. The molecule has 7 nitrogen and oxygen atoms in total. The molecule has 2 N–H and O–H groups in total. The number of rotatable bonds is 3. The number of carboxylic acids is 1. The number of carboxylic acid groups (broad SMARTS) is 1. The fourth-order valence-electron chi connectivity index (χ4n) is 2.01. The largest absolute Gasteiger partial charge is 0.481 e. The van der Waals surface area contributed by atoms with E-state index in [0.717, 1.165) is 38.2 Å². The second-order valence-corrected chi connectivity index (χ2v) is 5.17.